The lowest BCUT2D eigenvalue weighted by Crippen LogP contribution is -2.19. The van der Waals surface area contributed by atoms with Crippen LogP contribution in [0.4, 0.5) is 5.95 Å². The van der Waals surface area contributed by atoms with E-state index in [-0.39, 0.29) is 12.1 Å². The van der Waals surface area contributed by atoms with Crippen molar-refractivity contribution in [1.29, 1.82) is 0 Å². The fourth-order valence-electron chi connectivity index (χ4n) is 3.75. The summed E-state index contributed by atoms with van der Waals surface area (Å²) < 4.78 is 2.03. The van der Waals surface area contributed by atoms with Gasteiger partial charge >= 0.3 is 0 Å². The Bertz CT molecular complexity index is 882. The number of aromatic nitrogens is 4. The second-order valence-corrected chi connectivity index (χ2v) is 7.41. The molecule has 1 fully saturated rings. The van der Waals surface area contributed by atoms with E-state index < -0.39 is 0 Å². The summed E-state index contributed by atoms with van der Waals surface area (Å²) in [5.74, 6) is 1.04. The Balaban J connectivity index is 1.82. The van der Waals surface area contributed by atoms with E-state index in [1.807, 2.05) is 23.0 Å². The molecular formula is C20H25N5O. The normalized spacial score (nSPS) is 20.6. The van der Waals surface area contributed by atoms with Gasteiger partial charge in [-0.05, 0) is 51.7 Å². The van der Waals surface area contributed by atoms with Gasteiger partial charge in [0.25, 0.3) is 0 Å². The van der Waals surface area contributed by atoms with E-state index in [1.165, 1.54) is 5.69 Å². The van der Waals surface area contributed by atoms with E-state index in [1.54, 1.807) is 6.20 Å². The van der Waals surface area contributed by atoms with Crippen LogP contribution in [-0.2, 0) is 0 Å². The van der Waals surface area contributed by atoms with Crippen molar-refractivity contribution in [3.8, 4) is 11.1 Å². The number of nitrogens with one attached hydrogen (secondary N) is 1. The molecule has 0 radical (unpaired) electrons. The third-order valence-corrected chi connectivity index (χ3v) is 5.05. The van der Waals surface area contributed by atoms with Crippen LogP contribution in [0.5, 0.6) is 0 Å². The van der Waals surface area contributed by atoms with E-state index >= 15 is 0 Å². The molecule has 1 saturated carbocycles. The summed E-state index contributed by atoms with van der Waals surface area (Å²) in [5, 5.41) is 17.9. The first-order valence-electron chi connectivity index (χ1n) is 9.35. The van der Waals surface area contributed by atoms with Crippen LogP contribution in [-0.4, -0.2) is 36.8 Å². The van der Waals surface area contributed by atoms with Crippen LogP contribution in [0.3, 0.4) is 0 Å². The molecule has 0 bridgehead atoms. The zero-order valence-corrected chi connectivity index (χ0v) is 15.3. The lowest BCUT2D eigenvalue weighted by Gasteiger charge is -2.25. The fraction of sp³-hybridized carbons (Fsp3) is 0.450. The molecule has 4 rings (SSSR count). The van der Waals surface area contributed by atoms with Crippen LogP contribution in [0, 0.1) is 0 Å². The van der Waals surface area contributed by atoms with Crippen LogP contribution >= 0.6 is 0 Å². The Morgan fingerprint density at radius 1 is 1.19 bits per heavy atom. The van der Waals surface area contributed by atoms with Gasteiger partial charge in [0.2, 0.25) is 5.95 Å². The average molecular weight is 351 g/mol. The van der Waals surface area contributed by atoms with E-state index in [0.29, 0.717) is 11.9 Å². The van der Waals surface area contributed by atoms with E-state index in [4.69, 9.17) is 5.10 Å². The molecule has 0 unspecified atom stereocenters. The first kappa shape index (κ1) is 17.0. The number of rotatable bonds is 4. The molecule has 0 amide bonds. The van der Waals surface area contributed by atoms with Crippen LogP contribution in [0.15, 0.2) is 36.8 Å². The Morgan fingerprint density at radius 3 is 2.69 bits per heavy atom. The van der Waals surface area contributed by atoms with Crippen molar-refractivity contribution in [3.63, 3.8) is 0 Å². The molecular weight excluding hydrogens is 326 g/mol. The molecule has 3 aromatic rings. The highest BCUT2D eigenvalue weighted by atomic mass is 16.3. The maximum Gasteiger partial charge on any atom is 0.241 e. The van der Waals surface area contributed by atoms with Crippen molar-refractivity contribution < 1.29 is 5.11 Å². The third kappa shape index (κ3) is 3.29. The van der Waals surface area contributed by atoms with Gasteiger partial charge in [0.05, 0.1) is 17.8 Å². The summed E-state index contributed by atoms with van der Waals surface area (Å²) in [6.07, 6.45) is 9.05. The highest BCUT2D eigenvalue weighted by Gasteiger charge is 2.25. The zero-order chi connectivity index (χ0) is 18.1. The molecule has 2 N–H and O–H groups in total. The van der Waals surface area contributed by atoms with Crippen molar-refractivity contribution in [3.05, 3.63) is 42.5 Å². The highest BCUT2D eigenvalue weighted by molar-refractivity contribution is 5.81. The first-order chi connectivity index (χ1) is 12.6. The predicted molar refractivity (Wildman–Crippen MR) is 102 cm³/mol. The Kier molecular flexibility index (Phi) is 4.59. The summed E-state index contributed by atoms with van der Waals surface area (Å²) in [6.45, 7) is 4.15. The highest BCUT2D eigenvalue weighted by Crippen LogP contribution is 2.37. The maximum absolute atomic E-state index is 9.86. The number of hydrogen-bond donors (Lipinski definition) is 2. The zero-order valence-electron chi connectivity index (χ0n) is 15.3. The van der Waals surface area contributed by atoms with Gasteiger partial charge in [-0.25, -0.2) is 9.50 Å². The predicted octanol–water partition coefficient (Wildman–Crippen LogP) is 3.63. The van der Waals surface area contributed by atoms with Gasteiger partial charge in [0, 0.05) is 41.2 Å². The van der Waals surface area contributed by atoms with E-state index in [0.717, 1.165) is 42.3 Å². The standard InChI is InChI=1S/C20H25N5O/c1-13(2)23-20-22-12-19-17(15-4-3-9-21-11-15)10-18(25(19)24-20)14-5-7-16(26)8-6-14/h3-4,9-14,16,26H,5-8H2,1-2H3,(H,23,24). The average Bonchev–Trinajstić information content (AvgIpc) is 3.01. The molecule has 1 aliphatic rings. The second kappa shape index (κ2) is 7.03. The lowest BCUT2D eigenvalue weighted by atomic mass is 9.85. The molecule has 0 aromatic carbocycles. The van der Waals surface area contributed by atoms with Crippen molar-refractivity contribution in [2.45, 2.75) is 57.6 Å². The minimum Gasteiger partial charge on any atom is -0.393 e. The molecule has 6 heteroatoms. The van der Waals surface area contributed by atoms with Gasteiger partial charge in [-0.15, -0.1) is 5.10 Å². The van der Waals surface area contributed by atoms with Gasteiger partial charge in [0.15, 0.2) is 0 Å². The molecule has 0 aliphatic heterocycles. The smallest absolute Gasteiger partial charge is 0.241 e. The molecule has 6 nitrogen and oxygen atoms in total. The SMILES string of the molecule is CC(C)Nc1ncc2c(-c3cccnc3)cc(C3CCC(O)CC3)n2n1. The van der Waals surface area contributed by atoms with Crippen molar-refractivity contribution in [2.75, 3.05) is 5.32 Å². The fourth-order valence-corrected chi connectivity index (χ4v) is 3.75. The van der Waals surface area contributed by atoms with Gasteiger partial charge in [-0.1, -0.05) is 6.07 Å². The summed E-state index contributed by atoms with van der Waals surface area (Å²) in [5.41, 5.74) is 4.36. The van der Waals surface area contributed by atoms with Gasteiger partial charge < -0.3 is 10.4 Å². The van der Waals surface area contributed by atoms with Crippen LogP contribution < -0.4 is 5.32 Å². The number of hydrogen-bond acceptors (Lipinski definition) is 5. The van der Waals surface area contributed by atoms with Crippen LogP contribution in [0.1, 0.15) is 51.1 Å². The molecule has 0 spiro atoms. The topological polar surface area (TPSA) is 75.3 Å². The molecule has 3 aromatic heterocycles. The molecule has 1 aliphatic carbocycles. The van der Waals surface area contributed by atoms with Gasteiger partial charge in [-0.3, -0.25) is 4.98 Å². The number of pyridine rings is 1. The molecule has 26 heavy (non-hydrogen) atoms. The molecule has 136 valence electrons. The minimum absolute atomic E-state index is 0.164. The Hall–Kier alpha value is -2.47. The maximum atomic E-state index is 9.86. The molecule has 0 saturated heterocycles. The molecule has 0 atom stereocenters. The van der Waals surface area contributed by atoms with Gasteiger partial charge in [0.1, 0.15) is 0 Å². The summed E-state index contributed by atoms with van der Waals surface area (Å²) in [7, 11) is 0. The number of nitrogens with zero attached hydrogens (tertiary/aromatic N) is 4. The Morgan fingerprint density at radius 2 is 2.00 bits per heavy atom. The number of fused-ring (bicyclic) bond motifs is 1. The van der Waals surface area contributed by atoms with Gasteiger partial charge in [-0.2, -0.15) is 0 Å². The number of aliphatic hydroxyl groups excluding tert-OH is 1. The van der Waals surface area contributed by atoms with Crippen LogP contribution in [0.25, 0.3) is 16.6 Å². The largest absolute Gasteiger partial charge is 0.393 e. The van der Waals surface area contributed by atoms with Crippen LogP contribution in [0.2, 0.25) is 0 Å². The number of aliphatic hydroxyl groups is 1. The lowest BCUT2D eigenvalue weighted by molar-refractivity contribution is 0.121. The monoisotopic (exact) mass is 351 g/mol. The minimum atomic E-state index is -0.164. The first-order valence-corrected chi connectivity index (χ1v) is 9.35. The molecule has 3 heterocycles. The third-order valence-electron chi connectivity index (χ3n) is 5.05. The quantitative estimate of drug-likeness (QED) is 0.751. The van der Waals surface area contributed by atoms with E-state index in [2.05, 4.69) is 41.3 Å². The van der Waals surface area contributed by atoms with Crippen molar-refractivity contribution in [1.82, 2.24) is 19.6 Å². The Labute approximate surface area is 153 Å². The number of anilines is 1. The summed E-state index contributed by atoms with van der Waals surface area (Å²) in [6, 6.07) is 6.51. The summed E-state index contributed by atoms with van der Waals surface area (Å²) >= 11 is 0. The second-order valence-electron chi connectivity index (χ2n) is 7.41. The van der Waals surface area contributed by atoms with E-state index in [9.17, 15) is 5.11 Å². The summed E-state index contributed by atoms with van der Waals surface area (Å²) in [4.78, 5) is 8.76. The van der Waals surface area contributed by atoms with Crippen molar-refractivity contribution >= 4 is 11.5 Å². The van der Waals surface area contributed by atoms with Crippen molar-refractivity contribution in [2.24, 2.45) is 0 Å².